The average molecular weight is 388 g/mol. The van der Waals surface area contributed by atoms with E-state index in [-0.39, 0.29) is 11.8 Å². The van der Waals surface area contributed by atoms with E-state index in [9.17, 15) is 13.2 Å². The number of sulfonamides is 1. The second-order valence-electron chi connectivity index (χ2n) is 7.13. The van der Waals surface area contributed by atoms with Crippen LogP contribution in [0.1, 0.15) is 29.5 Å². The zero-order valence-electron chi connectivity index (χ0n) is 15.9. The SMILES string of the molecule is Cc1ccc(NC(=O)C2CCN(S(=O)(=O)c3ccc(C)c(C)c3)CC2)nc1. The van der Waals surface area contributed by atoms with E-state index in [0.29, 0.717) is 36.6 Å². The van der Waals surface area contributed by atoms with Crippen LogP contribution in [0.25, 0.3) is 0 Å². The van der Waals surface area contributed by atoms with Crippen molar-refractivity contribution in [3.63, 3.8) is 0 Å². The van der Waals surface area contributed by atoms with Crippen molar-refractivity contribution in [2.45, 2.75) is 38.5 Å². The number of carbonyl (C=O) groups excluding carboxylic acids is 1. The van der Waals surface area contributed by atoms with E-state index >= 15 is 0 Å². The smallest absolute Gasteiger partial charge is 0.243 e. The Morgan fingerprint density at radius 1 is 1.07 bits per heavy atom. The van der Waals surface area contributed by atoms with Gasteiger partial charge in [-0.1, -0.05) is 12.1 Å². The summed E-state index contributed by atoms with van der Waals surface area (Å²) in [5.41, 5.74) is 3.04. The lowest BCUT2D eigenvalue weighted by atomic mass is 9.97. The van der Waals surface area contributed by atoms with Crippen LogP contribution in [-0.4, -0.2) is 36.7 Å². The van der Waals surface area contributed by atoms with Crippen molar-refractivity contribution >= 4 is 21.7 Å². The molecule has 2 aromatic rings. The summed E-state index contributed by atoms with van der Waals surface area (Å²) in [6, 6.07) is 8.86. The molecule has 7 heteroatoms. The normalized spacial score (nSPS) is 16.3. The molecule has 0 aliphatic carbocycles. The largest absolute Gasteiger partial charge is 0.310 e. The molecule has 3 rings (SSSR count). The Morgan fingerprint density at radius 2 is 1.78 bits per heavy atom. The molecule has 6 nitrogen and oxygen atoms in total. The fourth-order valence-corrected chi connectivity index (χ4v) is 4.71. The number of hydrogen-bond donors (Lipinski definition) is 1. The van der Waals surface area contributed by atoms with Crippen LogP contribution >= 0.6 is 0 Å². The molecule has 0 unspecified atom stereocenters. The van der Waals surface area contributed by atoms with E-state index in [1.54, 1.807) is 24.4 Å². The molecule has 1 N–H and O–H groups in total. The van der Waals surface area contributed by atoms with Gasteiger partial charge in [0.1, 0.15) is 5.82 Å². The maximum absolute atomic E-state index is 12.9. The Labute approximate surface area is 160 Å². The van der Waals surface area contributed by atoms with E-state index in [4.69, 9.17) is 0 Å². The fourth-order valence-electron chi connectivity index (χ4n) is 3.15. The minimum atomic E-state index is -3.52. The standard InChI is InChI=1S/C20H25N3O3S/c1-14-4-7-19(21-13-14)22-20(24)17-8-10-23(11-9-17)27(25,26)18-6-5-15(2)16(3)12-18/h4-7,12-13,17H,8-11H2,1-3H3,(H,21,22,24). The summed E-state index contributed by atoms with van der Waals surface area (Å²) >= 11 is 0. The number of piperidine rings is 1. The van der Waals surface area contributed by atoms with E-state index in [0.717, 1.165) is 16.7 Å². The molecule has 27 heavy (non-hydrogen) atoms. The molecule has 1 fully saturated rings. The third kappa shape index (κ3) is 4.36. The Hall–Kier alpha value is -2.25. The van der Waals surface area contributed by atoms with Gasteiger partial charge in [-0.3, -0.25) is 4.79 Å². The molecular weight excluding hydrogens is 362 g/mol. The Balaban J connectivity index is 1.63. The van der Waals surface area contributed by atoms with E-state index in [1.807, 2.05) is 32.9 Å². The van der Waals surface area contributed by atoms with Gasteiger partial charge in [0.05, 0.1) is 4.90 Å². The molecule has 0 atom stereocenters. The molecule has 1 saturated heterocycles. The molecule has 0 spiro atoms. The van der Waals surface area contributed by atoms with Gasteiger partial charge in [0.15, 0.2) is 0 Å². The molecule has 1 aromatic heterocycles. The average Bonchev–Trinajstić information content (AvgIpc) is 2.66. The predicted molar refractivity (Wildman–Crippen MR) is 105 cm³/mol. The molecule has 1 aromatic carbocycles. The monoisotopic (exact) mass is 387 g/mol. The molecule has 0 radical (unpaired) electrons. The lowest BCUT2D eigenvalue weighted by Gasteiger charge is -2.30. The second-order valence-corrected chi connectivity index (χ2v) is 9.07. The quantitative estimate of drug-likeness (QED) is 0.874. The minimum absolute atomic E-state index is 0.102. The third-order valence-electron chi connectivity index (χ3n) is 5.10. The third-order valence-corrected chi connectivity index (χ3v) is 7.00. The highest BCUT2D eigenvalue weighted by Crippen LogP contribution is 2.25. The lowest BCUT2D eigenvalue weighted by molar-refractivity contribution is -0.120. The van der Waals surface area contributed by atoms with Crippen molar-refractivity contribution in [2.75, 3.05) is 18.4 Å². The molecule has 0 bridgehead atoms. The zero-order valence-corrected chi connectivity index (χ0v) is 16.7. The van der Waals surface area contributed by atoms with Crippen LogP contribution in [-0.2, 0) is 14.8 Å². The van der Waals surface area contributed by atoms with Gasteiger partial charge in [-0.25, -0.2) is 13.4 Å². The van der Waals surface area contributed by atoms with Gasteiger partial charge in [-0.15, -0.1) is 0 Å². The summed E-state index contributed by atoms with van der Waals surface area (Å²) in [5, 5.41) is 2.82. The second kappa shape index (κ2) is 7.78. The summed E-state index contributed by atoms with van der Waals surface area (Å²) in [5.74, 6) is 0.213. The number of aromatic nitrogens is 1. The van der Waals surface area contributed by atoms with Crippen LogP contribution < -0.4 is 5.32 Å². The van der Waals surface area contributed by atoms with Crippen LogP contribution in [0.3, 0.4) is 0 Å². The summed E-state index contributed by atoms with van der Waals surface area (Å²) in [6.45, 7) is 6.48. The number of aryl methyl sites for hydroxylation is 3. The van der Waals surface area contributed by atoms with Gasteiger partial charge in [-0.2, -0.15) is 4.31 Å². The van der Waals surface area contributed by atoms with Crippen LogP contribution in [0.15, 0.2) is 41.4 Å². The van der Waals surface area contributed by atoms with Gasteiger partial charge in [0.2, 0.25) is 15.9 Å². The first-order valence-corrected chi connectivity index (χ1v) is 10.5. The molecule has 0 saturated carbocycles. The number of anilines is 1. The molecular formula is C20H25N3O3S. The highest BCUT2D eigenvalue weighted by atomic mass is 32.2. The first-order chi connectivity index (χ1) is 12.8. The molecule has 144 valence electrons. The predicted octanol–water partition coefficient (Wildman–Crippen LogP) is 3.05. The van der Waals surface area contributed by atoms with Crippen molar-refractivity contribution < 1.29 is 13.2 Å². The number of hydrogen-bond acceptors (Lipinski definition) is 4. The highest BCUT2D eigenvalue weighted by molar-refractivity contribution is 7.89. The Kier molecular flexibility index (Phi) is 5.62. The highest BCUT2D eigenvalue weighted by Gasteiger charge is 2.32. The molecule has 1 aliphatic rings. The molecule has 1 amide bonds. The fraction of sp³-hybridized carbons (Fsp3) is 0.400. The summed E-state index contributed by atoms with van der Waals surface area (Å²) in [7, 11) is -3.52. The van der Waals surface area contributed by atoms with Gasteiger partial charge in [0, 0.05) is 25.2 Å². The van der Waals surface area contributed by atoms with E-state index in [2.05, 4.69) is 10.3 Å². The topological polar surface area (TPSA) is 79.4 Å². The Bertz CT molecular complexity index is 931. The summed E-state index contributed by atoms with van der Waals surface area (Å²) < 4.78 is 27.2. The number of nitrogens with zero attached hydrogens (tertiary/aromatic N) is 2. The lowest BCUT2D eigenvalue weighted by Crippen LogP contribution is -2.41. The van der Waals surface area contributed by atoms with Crippen LogP contribution in [0.4, 0.5) is 5.82 Å². The number of amides is 1. The molecule has 2 heterocycles. The first-order valence-electron chi connectivity index (χ1n) is 9.08. The van der Waals surface area contributed by atoms with Crippen molar-refractivity contribution in [3.05, 3.63) is 53.2 Å². The molecule has 1 aliphatic heterocycles. The van der Waals surface area contributed by atoms with Gasteiger partial charge >= 0.3 is 0 Å². The van der Waals surface area contributed by atoms with Gasteiger partial charge in [-0.05, 0) is 68.5 Å². The van der Waals surface area contributed by atoms with Gasteiger partial charge < -0.3 is 5.32 Å². The van der Waals surface area contributed by atoms with Crippen molar-refractivity contribution in [3.8, 4) is 0 Å². The number of carbonyl (C=O) groups is 1. The van der Waals surface area contributed by atoms with E-state index in [1.165, 1.54) is 4.31 Å². The number of nitrogens with one attached hydrogen (secondary N) is 1. The summed E-state index contributed by atoms with van der Waals surface area (Å²) in [6.07, 6.45) is 2.71. The van der Waals surface area contributed by atoms with Gasteiger partial charge in [0.25, 0.3) is 0 Å². The number of pyridine rings is 1. The van der Waals surface area contributed by atoms with Crippen LogP contribution in [0, 0.1) is 26.7 Å². The number of rotatable bonds is 4. The van der Waals surface area contributed by atoms with Crippen LogP contribution in [0.2, 0.25) is 0 Å². The van der Waals surface area contributed by atoms with Crippen molar-refractivity contribution in [1.82, 2.24) is 9.29 Å². The Morgan fingerprint density at radius 3 is 2.37 bits per heavy atom. The number of benzene rings is 1. The van der Waals surface area contributed by atoms with Crippen molar-refractivity contribution in [2.24, 2.45) is 5.92 Å². The van der Waals surface area contributed by atoms with Crippen LogP contribution in [0.5, 0.6) is 0 Å². The minimum Gasteiger partial charge on any atom is -0.310 e. The van der Waals surface area contributed by atoms with E-state index < -0.39 is 10.0 Å². The maximum atomic E-state index is 12.9. The summed E-state index contributed by atoms with van der Waals surface area (Å²) in [4.78, 5) is 16.9. The van der Waals surface area contributed by atoms with Crippen molar-refractivity contribution in [1.29, 1.82) is 0 Å². The maximum Gasteiger partial charge on any atom is 0.243 e. The first kappa shape index (κ1) is 19.5. The zero-order chi connectivity index (χ0) is 19.6.